The van der Waals surface area contributed by atoms with Gasteiger partial charge in [-0.2, -0.15) is 4.98 Å². The number of non-ortho nitro benzene ring substituents is 1. The molecule has 3 aromatic rings. The predicted octanol–water partition coefficient (Wildman–Crippen LogP) is 3.72. The van der Waals surface area contributed by atoms with Crippen molar-refractivity contribution in [2.45, 2.75) is 0 Å². The van der Waals surface area contributed by atoms with Gasteiger partial charge in [-0.3, -0.25) is 10.1 Å². The van der Waals surface area contributed by atoms with E-state index in [4.69, 9.17) is 21.8 Å². The molecule has 0 radical (unpaired) electrons. The van der Waals surface area contributed by atoms with Crippen LogP contribution >= 0.6 is 11.6 Å². The monoisotopic (exact) mass is 304 g/mol. The summed E-state index contributed by atoms with van der Waals surface area (Å²) < 4.78 is 5.46. The summed E-state index contributed by atoms with van der Waals surface area (Å²) in [5, 5.41) is 14.1. The van der Waals surface area contributed by atoms with Gasteiger partial charge < -0.3 is 15.5 Å². The third-order valence-electron chi connectivity index (χ3n) is 2.81. The molecule has 0 fully saturated rings. The van der Waals surface area contributed by atoms with E-state index in [0.29, 0.717) is 27.5 Å². The molecule has 0 spiro atoms. The van der Waals surface area contributed by atoms with E-state index in [1.807, 2.05) is 0 Å². The number of nitrogen functional groups attached to an aromatic ring is 1. The maximum absolute atomic E-state index is 10.7. The smallest absolute Gasteiger partial charge is 0.300 e. The Labute approximate surface area is 123 Å². The van der Waals surface area contributed by atoms with Crippen molar-refractivity contribution in [3.8, 4) is 0 Å². The van der Waals surface area contributed by atoms with Crippen LogP contribution in [0.3, 0.4) is 0 Å². The Kier molecular flexibility index (Phi) is 3.11. The van der Waals surface area contributed by atoms with Gasteiger partial charge in [-0.15, -0.1) is 0 Å². The van der Waals surface area contributed by atoms with Crippen molar-refractivity contribution in [3.05, 3.63) is 51.5 Å². The molecule has 0 aliphatic heterocycles. The van der Waals surface area contributed by atoms with Crippen molar-refractivity contribution in [2.24, 2.45) is 0 Å². The standard InChI is InChI=1S/C13H9ClN4O3/c14-9-3-1-7(15)5-10(9)16-13-17-11-6-8(18(19)20)2-4-12(11)21-13/h1-6H,15H2,(H,16,17). The van der Waals surface area contributed by atoms with E-state index in [-0.39, 0.29) is 11.7 Å². The summed E-state index contributed by atoms with van der Waals surface area (Å²) in [6.45, 7) is 0. The van der Waals surface area contributed by atoms with E-state index in [1.54, 1.807) is 18.2 Å². The number of oxazole rings is 1. The van der Waals surface area contributed by atoms with Gasteiger partial charge in [0.05, 0.1) is 15.6 Å². The predicted molar refractivity (Wildman–Crippen MR) is 79.8 cm³/mol. The molecule has 3 N–H and O–H groups in total. The maximum Gasteiger partial charge on any atom is 0.300 e. The molecule has 0 unspecified atom stereocenters. The Hall–Kier alpha value is -2.80. The molecule has 3 rings (SSSR count). The van der Waals surface area contributed by atoms with Crippen LogP contribution in [-0.2, 0) is 0 Å². The Morgan fingerprint density at radius 2 is 2.10 bits per heavy atom. The lowest BCUT2D eigenvalue weighted by molar-refractivity contribution is -0.384. The fourth-order valence-electron chi connectivity index (χ4n) is 1.84. The van der Waals surface area contributed by atoms with Crippen molar-refractivity contribution in [1.29, 1.82) is 0 Å². The molecule has 0 saturated carbocycles. The summed E-state index contributed by atoms with van der Waals surface area (Å²) in [5.74, 6) is 0. The van der Waals surface area contributed by atoms with Gasteiger partial charge in [-0.25, -0.2) is 0 Å². The molecule has 0 bridgehead atoms. The van der Waals surface area contributed by atoms with Crippen LogP contribution < -0.4 is 11.1 Å². The zero-order chi connectivity index (χ0) is 15.0. The third-order valence-corrected chi connectivity index (χ3v) is 3.14. The Balaban J connectivity index is 1.97. The van der Waals surface area contributed by atoms with Crippen LogP contribution in [-0.4, -0.2) is 9.91 Å². The molecular weight excluding hydrogens is 296 g/mol. The highest BCUT2D eigenvalue weighted by molar-refractivity contribution is 6.33. The molecule has 0 aliphatic carbocycles. The molecule has 21 heavy (non-hydrogen) atoms. The molecule has 7 nitrogen and oxygen atoms in total. The second kappa shape index (κ2) is 4.95. The van der Waals surface area contributed by atoms with Crippen LogP contribution in [0.5, 0.6) is 0 Å². The topological polar surface area (TPSA) is 107 Å². The third kappa shape index (κ3) is 2.59. The largest absolute Gasteiger partial charge is 0.423 e. The average molecular weight is 305 g/mol. The first kappa shape index (κ1) is 13.2. The number of rotatable bonds is 3. The average Bonchev–Trinajstić information content (AvgIpc) is 2.84. The second-order valence-corrected chi connectivity index (χ2v) is 4.70. The minimum atomic E-state index is -0.490. The summed E-state index contributed by atoms with van der Waals surface area (Å²) >= 11 is 6.03. The normalized spacial score (nSPS) is 10.7. The second-order valence-electron chi connectivity index (χ2n) is 4.29. The Morgan fingerprint density at radius 3 is 2.86 bits per heavy atom. The quantitative estimate of drug-likeness (QED) is 0.434. The highest BCUT2D eigenvalue weighted by atomic mass is 35.5. The minimum Gasteiger partial charge on any atom is -0.423 e. The SMILES string of the molecule is Nc1ccc(Cl)c(Nc2nc3cc([N+](=O)[O-])ccc3o2)c1. The lowest BCUT2D eigenvalue weighted by atomic mass is 10.3. The lowest BCUT2D eigenvalue weighted by Crippen LogP contribution is -1.93. The van der Waals surface area contributed by atoms with Gasteiger partial charge in [0.25, 0.3) is 11.7 Å². The van der Waals surface area contributed by atoms with E-state index >= 15 is 0 Å². The summed E-state index contributed by atoms with van der Waals surface area (Å²) in [6.07, 6.45) is 0. The Bertz CT molecular complexity index is 847. The zero-order valence-electron chi connectivity index (χ0n) is 10.5. The molecule has 1 heterocycles. The number of halogens is 1. The number of nitrogens with two attached hydrogens (primary N) is 1. The number of hydrogen-bond donors (Lipinski definition) is 2. The van der Waals surface area contributed by atoms with Crippen LogP contribution in [0.15, 0.2) is 40.8 Å². The van der Waals surface area contributed by atoms with E-state index < -0.39 is 4.92 Å². The molecule has 0 saturated heterocycles. The first-order valence-corrected chi connectivity index (χ1v) is 6.28. The molecule has 0 aliphatic rings. The number of nitro benzene ring substituents is 1. The van der Waals surface area contributed by atoms with Crippen molar-refractivity contribution in [3.63, 3.8) is 0 Å². The maximum atomic E-state index is 10.7. The molecule has 2 aromatic carbocycles. The van der Waals surface area contributed by atoms with Gasteiger partial charge in [0.1, 0.15) is 5.52 Å². The van der Waals surface area contributed by atoms with Crippen LogP contribution in [0.2, 0.25) is 5.02 Å². The van der Waals surface area contributed by atoms with E-state index in [1.165, 1.54) is 18.2 Å². The fourth-order valence-corrected chi connectivity index (χ4v) is 2.00. The van der Waals surface area contributed by atoms with Crippen LogP contribution in [0.25, 0.3) is 11.1 Å². The number of benzene rings is 2. The van der Waals surface area contributed by atoms with Crippen molar-refractivity contribution < 1.29 is 9.34 Å². The fraction of sp³-hybridized carbons (Fsp3) is 0. The van der Waals surface area contributed by atoms with Crippen molar-refractivity contribution >= 4 is 45.8 Å². The Morgan fingerprint density at radius 1 is 1.29 bits per heavy atom. The number of hydrogen-bond acceptors (Lipinski definition) is 6. The molecule has 0 atom stereocenters. The van der Waals surface area contributed by atoms with Crippen LogP contribution in [0.4, 0.5) is 23.1 Å². The first-order valence-electron chi connectivity index (χ1n) is 5.90. The van der Waals surface area contributed by atoms with Gasteiger partial charge in [0.2, 0.25) is 0 Å². The number of nitro groups is 1. The van der Waals surface area contributed by atoms with E-state index in [9.17, 15) is 10.1 Å². The summed E-state index contributed by atoms with van der Waals surface area (Å²) in [5.41, 5.74) is 7.52. The number of anilines is 3. The van der Waals surface area contributed by atoms with Crippen LogP contribution in [0, 0.1) is 10.1 Å². The molecular formula is C13H9ClN4O3. The van der Waals surface area contributed by atoms with Gasteiger partial charge in [0, 0.05) is 17.8 Å². The van der Waals surface area contributed by atoms with Gasteiger partial charge in [-0.1, -0.05) is 11.6 Å². The van der Waals surface area contributed by atoms with E-state index in [0.717, 1.165) is 0 Å². The van der Waals surface area contributed by atoms with Gasteiger partial charge >= 0.3 is 0 Å². The van der Waals surface area contributed by atoms with Gasteiger partial charge in [0.15, 0.2) is 5.58 Å². The van der Waals surface area contributed by atoms with Crippen molar-refractivity contribution in [2.75, 3.05) is 11.1 Å². The van der Waals surface area contributed by atoms with Gasteiger partial charge in [-0.05, 0) is 24.3 Å². The lowest BCUT2D eigenvalue weighted by Gasteiger charge is -2.04. The summed E-state index contributed by atoms with van der Waals surface area (Å²) in [4.78, 5) is 14.4. The summed E-state index contributed by atoms with van der Waals surface area (Å²) in [6, 6.07) is 9.32. The van der Waals surface area contributed by atoms with Crippen LogP contribution in [0.1, 0.15) is 0 Å². The van der Waals surface area contributed by atoms with Crippen molar-refractivity contribution in [1.82, 2.24) is 4.98 Å². The number of aromatic nitrogens is 1. The summed E-state index contributed by atoms with van der Waals surface area (Å²) in [7, 11) is 0. The molecule has 1 aromatic heterocycles. The minimum absolute atomic E-state index is 0.0515. The first-order chi connectivity index (χ1) is 10.0. The molecule has 8 heteroatoms. The highest BCUT2D eigenvalue weighted by Crippen LogP contribution is 2.29. The highest BCUT2D eigenvalue weighted by Gasteiger charge is 2.12. The number of nitrogens with zero attached hydrogens (tertiary/aromatic N) is 2. The molecule has 0 amide bonds. The van der Waals surface area contributed by atoms with E-state index in [2.05, 4.69) is 10.3 Å². The number of fused-ring (bicyclic) bond motifs is 1. The zero-order valence-corrected chi connectivity index (χ0v) is 11.3. The number of nitrogens with one attached hydrogen (secondary N) is 1. The molecule has 106 valence electrons.